The molecule has 0 spiro atoms. The topological polar surface area (TPSA) is 85.2 Å². The fraction of sp³-hybridized carbons (Fsp3) is 0.478. The summed E-state index contributed by atoms with van der Waals surface area (Å²) in [5.41, 5.74) is 3.65. The number of aryl methyl sites for hydroxylation is 1. The maximum absolute atomic E-state index is 13.2. The van der Waals surface area contributed by atoms with Crippen molar-refractivity contribution >= 4 is 13.3 Å². The molecule has 0 aromatic heterocycles. The molecule has 0 saturated carbocycles. The molecular weight excluding hydrogens is 429 g/mol. The maximum atomic E-state index is 13.2. The van der Waals surface area contributed by atoms with E-state index in [9.17, 15) is 14.7 Å². The second-order valence-corrected chi connectivity index (χ2v) is 10.4. The van der Waals surface area contributed by atoms with Crippen molar-refractivity contribution in [1.82, 2.24) is 9.80 Å². The predicted octanol–water partition coefficient (Wildman–Crippen LogP) is 4.96. The molecule has 0 N–H and O–H groups in total. The van der Waals surface area contributed by atoms with Gasteiger partial charge in [0.15, 0.2) is 0 Å². The lowest BCUT2D eigenvalue weighted by Crippen LogP contribution is -2.14. The highest BCUT2D eigenvalue weighted by Crippen LogP contribution is 2.49. The van der Waals surface area contributed by atoms with Gasteiger partial charge in [0, 0.05) is 25.2 Å². The zero-order valence-corrected chi connectivity index (χ0v) is 20.5. The maximum Gasteiger partial charge on any atom is 0.379 e. The van der Waals surface area contributed by atoms with E-state index < -0.39 is 12.5 Å². The van der Waals surface area contributed by atoms with E-state index in [0.717, 1.165) is 19.5 Å². The molecule has 0 heterocycles. The Morgan fingerprint density at radius 1 is 0.938 bits per heavy atom. The molecule has 32 heavy (non-hydrogen) atoms. The SMILES string of the molecule is CCO[P@@](=O)(CCCc1cc(CN(C)C)cc(CN(C)C)c1)Oc1ccc([N+](=O)[O-])cc1. The lowest BCUT2D eigenvalue weighted by atomic mass is 10.0. The average molecular weight is 464 g/mol. The van der Waals surface area contributed by atoms with Gasteiger partial charge in [-0.25, -0.2) is 4.57 Å². The number of nitro benzene ring substituents is 1. The second kappa shape index (κ2) is 12.1. The van der Waals surface area contributed by atoms with E-state index in [1.165, 1.54) is 41.0 Å². The van der Waals surface area contributed by atoms with Crippen LogP contribution in [0.2, 0.25) is 0 Å². The van der Waals surface area contributed by atoms with Crippen LogP contribution in [0.5, 0.6) is 5.75 Å². The number of nitro groups is 1. The first-order valence-electron chi connectivity index (χ1n) is 10.7. The minimum Gasteiger partial charge on any atom is -0.424 e. The molecule has 0 saturated heterocycles. The van der Waals surface area contributed by atoms with Gasteiger partial charge in [-0.15, -0.1) is 0 Å². The smallest absolute Gasteiger partial charge is 0.379 e. The number of rotatable bonds is 13. The summed E-state index contributed by atoms with van der Waals surface area (Å²) in [7, 11) is 4.82. The third-order valence-corrected chi connectivity index (χ3v) is 6.63. The van der Waals surface area contributed by atoms with Crippen LogP contribution in [-0.4, -0.2) is 55.7 Å². The minimum atomic E-state index is -3.37. The summed E-state index contributed by atoms with van der Waals surface area (Å²) in [6, 6.07) is 12.2. The van der Waals surface area contributed by atoms with Gasteiger partial charge in [-0.05, 0) is 76.8 Å². The molecule has 1 atom stereocenters. The fourth-order valence-corrected chi connectivity index (χ4v) is 5.15. The highest BCUT2D eigenvalue weighted by atomic mass is 31.2. The molecule has 0 radical (unpaired) electrons. The van der Waals surface area contributed by atoms with E-state index in [2.05, 4.69) is 28.0 Å². The quantitative estimate of drug-likeness (QED) is 0.236. The summed E-state index contributed by atoms with van der Waals surface area (Å²) < 4.78 is 24.4. The fourth-order valence-electron chi connectivity index (χ4n) is 3.50. The highest BCUT2D eigenvalue weighted by Gasteiger charge is 2.25. The van der Waals surface area contributed by atoms with Gasteiger partial charge in [0.05, 0.1) is 17.7 Å². The van der Waals surface area contributed by atoms with Crippen molar-refractivity contribution in [2.24, 2.45) is 0 Å². The Morgan fingerprint density at radius 3 is 1.94 bits per heavy atom. The Morgan fingerprint density at radius 2 is 1.47 bits per heavy atom. The second-order valence-electron chi connectivity index (χ2n) is 8.33. The first kappa shape index (κ1) is 26.0. The molecule has 2 aromatic rings. The number of nitrogens with zero attached hydrogens (tertiary/aromatic N) is 3. The molecule has 0 bridgehead atoms. The van der Waals surface area contributed by atoms with Crippen molar-refractivity contribution in [2.75, 3.05) is 41.0 Å². The standard InChI is InChI=1S/C23H34N3O5P/c1-6-30-32(29,31-23-11-9-22(10-12-23)26(27)28)13-7-8-19-14-20(17-24(2)3)16-21(15-19)18-25(4)5/h9-12,14-16H,6-8,13,17-18H2,1-5H3/t32-/m0/s1. The van der Waals surface area contributed by atoms with Gasteiger partial charge >= 0.3 is 7.60 Å². The Bertz CT molecular complexity index is 903. The minimum absolute atomic E-state index is 0.0465. The van der Waals surface area contributed by atoms with E-state index in [-0.39, 0.29) is 18.5 Å². The molecule has 0 amide bonds. The molecule has 9 heteroatoms. The van der Waals surface area contributed by atoms with Crippen molar-refractivity contribution in [3.05, 3.63) is 69.3 Å². The van der Waals surface area contributed by atoms with Crippen molar-refractivity contribution in [2.45, 2.75) is 32.9 Å². The number of non-ortho nitro benzene ring substituents is 1. The van der Waals surface area contributed by atoms with E-state index in [4.69, 9.17) is 9.05 Å². The van der Waals surface area contributed by atoms with E-state index >= 15 is 0 Å². The number of benzene rings is 2. The summed E-state index contributed by atoms with van der Waals surface area (Å²) in [4.78, 5) is 14.6. The largest absolute Gasteiger partial charge is 0.424 e. The van der Waals surface area contributed by atoms with Crippen molar-refractivity contribution in [3.8, 4) is 5.75 Å². The summed E-state index contributed by atoms with van der Waals surface area (Å²) >= 11 is 0. The lowest BCUT2D eigenvalue weighted by molar-refractivity contribution is -0.384. The molecule has 8 nitrogen and oxygen atoms in total. The van der Waals surface area contributed by atoms with Crippen LogP contribution in [0.25, 0.3) is 0 Å². The third kappa shape index (κ3) is 8.71. The van der Waals surface area contributed by atoms with Gasteiger partial charge < -0.3 is 18.8 Å². The average Bonchev–Trinajstić information content (AvgIpc) is 2.67. The normalized spacial score (nSPS) is 13.3. The van der Waals surface area contributed by atoms with E-state index in [1.807, 2.05) is 28.2 Å². The van der Waals surface area contributed by atoms with Gasteiger partial charge in [-0.2, -0.15) is 0 Å². The Hall–Kier alpha value is -2.25. The van der Waals surface area contributed by atoms with Crippen LogP contribution >= 0.6 is 7.60 Å². The molecule has 0 aliphatic rings. The molecule has 2 aromatic carbocycles. The monoisotopic (exact) mass is 463 g/mol. The first-order valence-corrected chi connectivity index (χ1v) is 12.4. The predicted molar refractivity (Wildman–Crippen MR) is 127 cm³/mol. The molecule has 176 valence electrons. The van der Waals surface area contributed by atoms with Crippen LogP contribution in [0.4, 0.5) is 5.69 Å². The molecule has 0 unspecified atom stereocenters. The Balaban J connectivity index is 2.08. The summed E-state index contributed by atoms with van der Waals surface area (Å²) in [6.45, 7) is 3.74. The third-order valence-electron chi connectivity index (χ3n) is 4.63. The molecular formula is C23H34N3O5P. The van der Waals surface area contributed by atoms with Gasteiger partial charge in [0.25, 0.3) is 5.69 Å². The summed E-state index contributed by atoms with van der Waals surface area (Å²) in [5, 5.41) is 10.8. The molecule has 0 aliphatic carbocycles. The van der Waals surface area contributed by atoms with Gasteiger partial charge in [-0.3, -0.25) is 10.1 Å². The lowest BCUT2D eigenvalue weighted by Gasteiger charge is -2.19. The number of hydrogen-bond acceptors (Lipinski definition) is 7. The van der Waals surface area contributed by atoms with Crippen molar-refractivity contribution in [3.63, 3.8) is 0 Å². The van der Waals surface area contributed by atoms with Gasteiger partial charge in [0.1, 0.15) is 5.75 Å². The zero-order valence-electron chi connectivity index (χ0n) is 19.6. The molecule has 0 fully saturated rings. The van der Waals surface area contributed by atoms with Crippen LogP contribution in [0.15, 0.2) is 42.5 Å². The van der Waals surface area contributed by atoms with Crippen molar-refractivity contribution in [1.29, 1.82) is 0 Å². The van der Waals surface area contributed by atoms with Crippen LogP contribution in [-0.2, 0) is 28.6 Å². The Labute approximate surface area is 190 Å². The summed E-state index contributed by atoms with van der Waals surface area (Å²) in [5.74, 6) is 0.300. The highest BCUT2D eigenvalue weighted by molar-refractivity contribution is 7.54. The van der Waals surface area contributed by atoms with Gasteiger partial charge in [0.2, 0.25) is 0 Å². The van der Waals surface area contributed by atoms with E-state index in [1.54, 1.807) is 6.92 Å². The Kier molecular flexibility index (Phi) is 9.84. The first-order chi connectivity index (χ1) is 15.1. The van der Waals surface area contributed by atoms with Gasteiger partial charge in [-0.1, -0.05) is 18.2 Å². The summed E-state index contributed by atoms with van der Waals surface area (Å²) in [6.07, 6.45) is 1.65. The number of hydrogen-bond donors (Lipinski definition) is 0. The van der Waals surface area contributed by atoms with Crippen molar-refractivity contribution < 1.29 is 18.5 Å². The van der Waals surface area contributed by atoms with E-state index in [0.29, 0.717) is 12.2 Å². The van der Waals surface area contributed by atoms with Crippen LogP contribution in [0.1, 0.15) is 30.0 Å². The van der Waals surface area contributed by atoms with Crippen LogP contribution in [0, 0.1) is 10.1 Å². The molecule has 2 rings (SSSR count). The van der Waals surface area contributed by atoms with Crippen LogP contribution < -0.4 is 4.52 Å². The zero-order chi connectivity index (χ0) is 23.7. The van der Waals surface area contributed by atoms with Crippen LogP contribution in [0.3, 0.4) is 0 Å². The molecule has 0 aliphatic heterocycles.